The lowest BCUT2D eigenvalue weighted by atomic mass is 9.90. The highest BCUT2D eigenvalue weighted by atomic mass is 19.4. The third-order valence-electron chi connectivity index (χ3n) is 7.10. The molecule has 4 rings (SSSR count). The van der Waals surface area contributed by atoms with Crippen LogP contribution in [-0.4, -0.2) is 86.9 Å². The van der Waals surface area contributed by atoms with Crippen LogP contribution in [0.15, 0.2) is 24.4 Å². The molecule has 2 atom stereocenters. The highest BCUT2D eigenvalue weighted by Gasteiger charge is 2.37. The van der Waals surface area contributed by atoms with E-state index in [4.69, 9.17) is 9.47 Å². The molecule has 2 aliphatic rings. The number of halogens is 3. The minimum absolute atomic E-state index is 0.00748. The van der Waals surface area contributed by atoms with Crippen LogP contribution in [0.1, 0.15) is 31.2 Å². The summed E-state index contributed by atoms with van der Waals surface area (Å²) in [5.74, 6) is -0.139. The highest BCUT2D eigenvalue weighted by molar-refractivity contribution is 5.77. The van der Waals surface area contributed by atoms with Gasteiger partial charge in [0.25, 0.3) is 0 Å². The smallest absolute Gasteiger partial charge is 0.421 e. The number of hydrogen-bond acceptors (Lipinski definition) is 9. The molecule has 0 radical (unpaired) electrons. The number of carbonyl (C=O) groups is 1. The number of benzene rings is 1. The van der Waals surface area contributed by atoms with Crippen LogP contribution in [0.2, 0.25) is 0 Å². The molecule has 1 aliphatic carbocycles. The van der Waals surface area contributed by atoms with Gasteiger partial charge in [-0.2, -0.15) is 18.2 Å². The first kappa shape index (κ1) is 28.7. The van der Waals surface area contributed by atoms with E-state index in [0.717, 1.165) is 50.9 Å². The van der Waals surface area contributed by atoms with Gasteiger partial charge in [-0.15, -0.1) is 0 Å². The molecule has 2 fully saturated rings. The van der Waals surface area contributed by atoms with Gasteiger partial charge in [-0.25, -0.2) is 4.98 Å². The molecule has 1 aromatic carbocycles. The zero-order chi connectivity index (χ0) is 28.0. The van der Waals surface area contributed by atoms with Gasteiger partial charge in [0, 0.05) is 63.3 Å². The number of alkyl halides is 3. The number of anilines is 4. The van der Waals surface area contributed by atoms with E-state index in [1.54, 1.807) is 0 Å². The van der Waals surface area contributed by atoms with Crippen molar-refractivity contribution in [2.75, 3.05) is 69.6 Å². The molecule has 3 N–H and O–H groups in total. The number of carbonyl (C=O) groups excluding carboxylic acids is 1. The maximum absolute atomic E-state index is 13.9. The maximum atomic E-state index is 13.9. The van der Waals surface area contributed by atoms with Gasteiger partial charge in [0.1, 0.15) is 23.7 Å². The number of rotatable bonds is 9. The molecule has 1 saturated heterocycles. The largest absolute Gasteiger partial charge is 0.494 e. The quantitative estimate of drug-likeness (QED) is 0.432. The van der Waals surface area contributed by atoms with E-state index in [2.05, 4.69) is 42.8 Å². The van der Waals surface area contributed by atoms with Crippen molar-refractivity contribution in [2.45, 2.75) is 43.9 Å². The monoisotopic (exact) mass is 551 g/mol. The van der Waals surface area contributed by atoms with Crippen LogP contribution in [0, 0.1) is 0 Å². The van der Waals surface area contributed by atoms with E-state index in [9.17, 15) is 18.0 Å². The number of nitrogens with one attached hydrogen (secondary N) is 3. The van der Waals surface area contributed by atoms with Gasteiger partial charge in [0.05, 0.1) is 12.8 Å². The fourth-order valence-corrected chi connectivity index (χ4v) is 4.96. The lowest BCUT2D eigenvalue weighted by Crippen LogP contribution is -2.49. The van der Waals surface area contributed by atoms with Gasteiger partial charge in [-0.05, 0) is 32.0 Å². The summed E-state index contributed by atoms with van der Waals surface area (Å²) < 4.78 is 52.1. The van der Waals surface area contributed by atoms with Crippen LogP contribution >= 0.6 is 0 Å². The molecule has 214 valence electrons. The molecule has 1 amide bonds. The van der Waals surface area contributed by atoms with Crippen LogP contribution in [0.3, 0.4) is 0 Å². The first-order chi connectivity index (χ1) is 18.7. The Labute approximate surface area is 226 Å². The van der Waals surface area contributed by atoms with Crippen LogP contribution in [0.5, 0.6) is 5.75 Å². The summed E-state index contributed by atoms with van der Waals surface area (Å²) in [6, 6.07) is 4.86. The van der Waals surface area contributed by atoms with E-state index < -0.39 is 17.8 Å². The van der Waals surface area contributed by atoms with E-state index in [0.29, 0.717) is 24.3 Å². The van der Waals surface area contributed by atoms with Crippen molar-refractivity contribution in [2.24, 2.45) is 0 Å². The highest BCUT2D eigenvalue weighted by Crippen LogP contribution is 2.37. The predicted molar refractivity (Wildman–Crippen MR) is 143 cm³/mol. The minimum Gasteiger partial charge on any atom is -0.494 e. The van der Waals surface area contributed by atoms with Gasteiger partial charge in [-0.1, -0.05) is 12.8 Å². The maximum Gasteiger partial charge on any atom is 0.421 e. The Balaban J connectivity index is 1.56. The first-order valence-corrected chi connectivity index (χ1v) is 13.1. The molecule has 2 aromatic rings. The summed E-state index contributed by atoms with van der Waals surface area (Å²) in [4.78, 5) is 24.8. The van der Waals surface area contributed by atoms with Crippen molar-refractivity contribution in [3.63, 3.8) is 0 Å². The summed E-state index contributed by atoms with van der Waals surface area (Å²) in [5, 5.41) is 8.83. The Kier molecular flexibility index (Phi) is 9.33. The van der Waals surface area contributed by atoms with Crippen LogP contribution in [-0.2, 0) is 15.7 Å². The average Bonchev–Trinajstić information content (AvgIpc) is 2.90. The number of ether oxygens (including phenoxy) is 2. The van der Waals surface area contributed by atoms with Crippen LogP contribution < -0.4 is 25.6 Å². The van der Waals surface area contributed by atoms with Gasteiger partial charge in [0.2, 0.25) is 11.9 Å². The molecule has 13 heteroatoms. The molecule has 0 unspecified atom stereocenters. The number of methoxy groups -OCH3 is 2. The summed E-state index contributed by atoms with van der Waals surface area (Å²) in [6.45, 7) is 3.56. The molecular weight excluding hydrogens is 515 g/mol. The second-order valence-electron chi connectivity index (χ2n) is 9.90. The standard InChI is InChI=1S/C26H36F3N7O3/c1-35-10-12-36(13-11-35)17-8-9-21(22(14-17)39-3)33-25-30-15-18(26(27,28)29)24(34-25)32-20-7-5-4-6-19(20)31-23(37)16-38-2/h8-9,14-15,19-20H,4-7,10-13,16H2,1-3H3,(H,31,37)(H2,30,32,33,34)/t19-,20-/m1/s1. The number of amides is 1. The number of aromatic nitrogens is 2. The predicted octanol–water partition coefficient (Wildman–Crippen LogP) is 3.49. The Morgan fingerprint density at radius 1 is 1.10 bits per heavy atom. The first-order valence-electron chi connectivity index (χ1n) is 13.1. The summed E-state index contributed by atoms with van der Waals surface area (Å²) in [5.41, 5.74) is 0.557. The zero-order valence-electron chi connectivity index (χ0n) is 22.5. The minimum atomic E-state index is -4.66. The molecule has 1 saturated carbocycles. The SMILES string of the molecule is COCC(=O)N[C@@H]1CCCC[C@H]1Nc1nc(Nc2ccc(N3CCN(C)CC3)cc2OC)ncc1C(F)(F)F. The van der Waals surface area contributed by atoms with Gasteiger partial charge in [-0.3, -0.25) is 4.79 Å². The molecule has 1 aliphatic heterocycles. The lowest BCUT2D eigenvalue weighted by Gasteiger charge is -2.34. The number of nitrogens with zero attached hydrogens (tertiary/aromatic N) is 4. The van der Waals surface area contributed by atoms with E-state index in [1.807, 2.05) is 18.2 Å². The molecule has 1 aromatic heterocycles. The second kappa shape index (κ2) is 12.7. The Morgan fingerprint density at radius 2 is 1.82 bits per heavy atom. The molecule has 2 heterocycles. The average molecular weight is 552 g/mol. The van der Waals surface area contributed by atoms with Crippen LogP contribution in [0.4, 0.5) is 36.3 Å². The van der Waals surface area contributed by atoms with Gasteiger partial charge in [0.15, 0.2) is 0 Å². The molecular formula is C26H36F3N7O3. The summed E-state index contributed by atoms with van der Waals surface area (Å²) in [7, 11) is 5.04. The van der Waals surface area contributed by atoms with Crippen molar-refractivity contribution < 1.29 is 27.4 Å². The van der Waals surface area contributed by atoms with E-state index in [1.165, 1.54) is 14.2 Å². The van der Waals surface area contributed by atoms with Crippen molar-refractivity contribution in [3.05, 3.63) is 30.0 Å². The summed E-state index contributed by atoms with van der Waals surface area (Å²) in [6.07, 6.45) is -0.979. The van der Waals surface area contributed by atoms with E-state index in [-0.39, 0.29) is 30.3 Å². The number of hydrogen-bond donors (Lipinski definition) is 3. The number of likely N-dealkylation sites (N-methyl/N-ethyl adjacent to an activating group) is 1. The fourth-order valence-electron chi connectivity index (χ4n) is 4.96. The second-order valence-corrected chi connectivity index (χ2v) is 9.90. The van der Waals surface area contributed by atoms with E-state index >= 15 is 0 Å². The Hall–Kier alpha value is -3.32. The molecule has 0 spiro atoms. The third-order valence-corrected chi connectivity index (χ3v) is 7.10. The third kappa shape index (κ3) is 7.41. The Morgan fingerprint density at radius 3 is 2.49 bits per heavy atom. The van der Waals surface area contributed by atoms with Gasteiger partial charge < -0.3 is 35.2 Å². The fraction of sp³-hybridized carbons (Fsp3) is 0.577. The van der Waals surface area contributed by atoms with Crippen molar-refractivity contribution >= 4 is 29.0 Å². The Bertz CT molecular complexity index is 1130. The summed E-state index contributed by atoms with van der Waals surface area (Å²) >= 11 is 0. The molecule has 39 heavy (non-hydrogen) atoms. The van der Waals surface area contributed by atoms with Crippen molar-refractivity contribution in [3.8, 4) is 5.75 Å². The van der Waals surface area contributed by atoms with Crippen molar-refractivity contribution in [1.82, 2.24) is 20.2 Å². The topological polar surface area (TPSA) is 104 Å². The number of piperazine rings is 1. The zero-order valence-corrected chi connectivity index (χ0v) is 22.5. The molecule has 0 bridgehead atoms. The normalized spacial score (nSPS) is 20.4. The van der Waals surface area contributed by atoms with Gasteiger partial charge >= 0.3 is 6.18 Å². The lowest BCUT2D eigenvalue weighted by molar-refractivity contribution is -0.137. The molecule has 10 nitrogen and oxygen atoms in total. The van der Waals surface area contributed by atoms with Crippen molar-refractivity contribution in [1.29, 1.82) is 0 Å². The van der Waals surface area contributed by atoms with Crippen LogP contribution in [0.25, 0.3) is 0 Å².